The number of hydrogen-bond donors (Lipinski definition) is 2. The highest BCUT2D eigenvalue weighted by molar-refractivity contribution is 6.36. The summed E-state index contributed by atoms with van der Waals surface area (Å²) < 4.78 is 4.82. The molecule has 2 N–H and O–H groups in total. The summed E-state index contributed by atoms with van der Waals surface area (Å²) in [5, 5.41) is 11.9. The monoisotopic (exact) mass is 265 g/mol. The molecule has 0 aromatic heterocycles. The summed E-state index contributed by atoms with van der Waals surface area (Å²) in [5.41, 5.74) is -0.114. The lowest BCUT2D eigenvalue weighted by atomic mass is 10.2. The van der Waals surface area contributed by atoms with Gasteiger partial charge in [-0.2, -0.15) is 0 Å². The van der Waals surface area contributed by atoms with Crippen LogP contribution in [-0.2, 0) is 0 Å². The molecular formula is C10H13Cl2NO3. The van der Waals surface area contributed by atoms with Gasteiger partial charge in [-0.15, -0.1) is 0 Å². The second-order valence-electron chi connectivity index (χ2n) is 2.74. The Bertz CT molecular complexity index is 369. The minimum atomic E-state index is -1.16. The lowest BCUT2D eigenvalue weighted by molar-refractivity contribution is 0.0693. The Morgan fingerprint density at radius 3 is 2.06 bits per heavy atom. The van der Waals surface area contributed by atoms with Crippen LogP contribution in [0.2, 0.25) is 10.0 Å². The summed E-state index contributed by atoms with van der Waals surface area (Å²) in [6, 6.07) is 2.89. The molecule has 4 nitrogen and oxygen atoms in total. The van der Waals surface area contributed by atoms with Gasteiger partial charge in [0.1, 0.15) is 5.56 Å². The van der Waals surface area contributed by atoms with E-state index in [9.17, 15) is 4.79 Å². The first-order valence-electron chi connectivity index (χ1n) is 4.33. The van der Waals surface area contributed by atoms with E-state index in [2.05, 4.69) is 5.32 Å². The predicted octanol–water partition coefficient (Wildman–Crippen LogP) is 2.54. The van der Waals surface area contributed by atoms with Crippen molar-refractivity contribution >= 4 is 29.2 Å². The molecule has 0 fully saturated rings. The van der Waals surface area contributed by atoms with Crippen molar-refractivity contribution in [3.8, 4) is 5.75 Å². The third kappa shape index (κ3) is 3.89. The van der Waals surface area contributed by atoms with Gasteiger partial charge in [0.15, 0.2) is 5.75 Å². The largest absolute Gasteiger partial charge is 0.494 e. The van der Waals surface area contributed by atoms with E-state index in [1.165, 1.54) is 19.2 Å². The van der Waals surface area contributed by atoms with Gasteiger partial charge in [0.25, 0.3) is 0 Å². The van der Waals surface area contributed by atoms with Crippen LogP contribution in [0.5, 0.6) is 5.75 Å². The molecule has 90 valence electrons. The summed E-state index contributed by atoms with van der Waals surface area (Å²) in [6.45, 7) is 0. The molecule has 1 rings (SSSR count). The van der Waals surface area contributed by atoms with Crippen LogP contribution < -0.4 is 10.1 Å². The highest BCUT2D eigenvalue weighted by Crippen LogP contribution is 2.33. The summed E-state index contributed by atoms with van der Waals surface area (Å²) >= 11 is 11.4. The Morgan fingerprint density at radius 2 is 1.75 bits per heavy atom. The van der Waals surface area contributed by atoms with E-state index in [1.54, 1.807) is 0 Å². The molecule has 0 aliphatic rings. The molecular weight excluding hydrogens is 253 g/mol. The number of aromatic carboxylic acids is 1. The fourth-order valence-corrected chi connectivity index (χ4v) is 1.40. The normalized spacial score (nSPS) is 9.06. The van der Waals surface area contributed by atoms with Crippen LogP contribution in [0.3, 0.4) is 0 Å². The summed E-state index contributed by atoms with van der Waals surface area (Å²) in [7, 11) is 5.09. The smallest absolute Gasteiger partial charge is 0.341 e. The first kappa shape index (κ1) is 15.0. The van der Waals surface area contributed by atoms with Gasteiger partial charge in [0, 0.05) is 0 Å². The van der Waals surface area contributed by atoms with Crippen molar-refractivity contribution in [1.82, 2.24) is 5.32 Å². The number of ether oxygens (including phenoxy) is 1. The van der Waals surface area contributed by atoms with Crippen molar-refractivity contribution in [3.05, 3.63) is 27.7 Å². The summed E-state index contributed by atoms with van der Waals surface area (Å²) in [5.74, 6) is -1.08. The number of carboxylic acids is 1. The highest BCUT2D eigenvalue weighted by Gasteiger charge is 2.17. The van der Waals surface area contributed by atoms with Gasteiger partial charge in [-0.05, 0) is 26.2 Å². The zero-order valence-corrected chi connectivity index (χ0v) is 10.7. The molecule has 0 aliphatic carbocycles. The van der Waals surface area contributed by atoms with Crippen molar-refractivity contribution < 1.29 is 14.6 Å². The first-order valence-corrected chi connectivity index (χ1v) is 5.08. The fraction of sp³-hybridized carbons (Fsp3) is 0.300. The molecule has 16 heavy (non-hydrogen) atoms. The van der Waals surface area contributed by atoms with E-state index >= 15 is 0 Å². The van der Waals surface area contributed by atoms with Crippen LogP contribution in [0.4, 0.5) is 0 Å². The SMILES string of the molecule is CNC.COc1c(Cl)ccc(Cl)c1C(=O)O. The number of hydrogen-bond acceptors (Lipinski definition) is 3. The van der Waals surface area contributed by atoms with Crippen molar-refractivity contribution in [2.24, 2.45) is 0 Å². The second kappa shape index (κ2) is 7.33. The van der Waals surface area contributed by atoms with Crippen LogP contribution in [0, 0.1) is 0 Å². The number of rotatable bonds is 2. The van der Waals surface area contributed by atoms with E-state index in [0.717, 1.165) is 0 Å². The molecule has 0 spiro atoms. The zero-order valence-electron chi connectivity index (χ0n) is 9.17. The maximum atomic E-state index is 10.7. The maximum absolute atomic E-state index is 10.7. The van der Waals surface area contributed by atoms with E-state index in [-0.39, 0.29) is 21.4 Å². The fourth-order valence-electron chi connectivity index (χ4n) is 0.932. The van der Waals surface area contributed by atoms with Gasteiger partial charge >= 0.3 is 5.97 Å². The molecule has 0 aliphatic heterocycles. The molecule has 0 amide bonds. The Labute approximate surface area is 104 Å². The number of methoxy groups -OCH3 is 1. The zero-order chi connectivity index (χ0) is 12.7. The van der Waals surface area contributed by atoms with E-state index in [4.69, 9.17) is 33.0 Å². The number of nitrogens with one attached hydrogen (secondary N) is 1. The topological polar surface area (TPSA) is 58.6 Å². The van der Waals surface area contributed by atoms with Crippen molar-refractivity contribution in [2.45, 2.75) is 0 Å². The van der Waals surface area contributed by atoms with Gasteiger partial charge in [-0.1, -0.05) is 23.2 Å². The Balaban J connectivity index is 0.000000673. The van der Waals surface area contributed by atoms with E-state index in [1.807, 2.05) is 14.1 Å². The molecule has 0 saturated heterocycles. The average Bonchev–Trinajstić information content (AvgIpc) is 2.21. The van der Waals surface area contributed by atoms with Crippen molar-refractivity contribution in [3.63, 3.8) is 0 Å². The lowest BCUT2D eigenvalue weighted by Gasteiger charge is -2.07. The van der Waals surface area contributed by atoms with Crippen LogP contribution >= 0.6 is 23.2 Å². The van der Waals surface area contributed by atoms with Crippen LogP contribution in [-0.4, -0.2) is 32.3 Å². The van der Waals surface area contributed by atoms with Crippen molar-refractivity contribution in [2.75, 3.05) is 21.2 Å². The summed E-state index contributed by atoms with van der Waals surface area (Å²) in [4.78, 5) is 10.7. The number of halogens is 2. The average molecular weight is 266 g/mol. The van der Waals surface area contributed by atoms with Gasteiger partial charge in [-0.25, -0.2) is 4.79 Å². The van der Waals surface area contributed by atoms with Crippen LogP contribution in [0.1, 0.15) is 10.4 Å². The molecule has 6 heteroatoms. The Hall–Kier alpha value is -0.970. The molecule has 0 radical (unpaired) electrons. The van der Waals surface area contributed by atoms with Gasteiger partial charge in [0.2, 0.25) is 0 Å². The minimum Gasteiger partial charge on any atom is -0.494 e. The van der Waals surface area contributed by atoms with Gasteiger partial charge in [-0.3, -0.25) is 0 Å². The van der Waals surface area contributed by atoms with Gasteiger partial charge < -0.3 is 15.2 Å². The van der Waals surface area contributed by atoms with E-state index in [0.29, 0.717) is 0 Å². The highest BCUT2D eigenvalue weighted by atomic mass is 35.5. The Kier molecular flexibility index (Phi) is 6.88. The first-order chi connectivity index (χ1) is 7.49. The second-order valence-corrected chi connectivity index (χ2v) is 3.56. The maximum Gasteiger partial charge on any atom is 0.341 e. The van der Waals surface area contributed by atoms with Crippen molar-refractivity contribution in [1.29, 1.82) is 0 Å². The quantitative estimate of drug-likeness (QED) is 0.863. The predicted molar refractivity (Wildman–Crippen MR) is 65.0 cm³/mol. The Morgan fingerprint density at radius 1 is 1.31 bits per heavy atom. The number of carbonyl (C=O) groups is 1. The summed E-state index contributed by atoms with van der Waals surface area (Å²) in [6.07, 6.45) is 0. The van der Waals surface area contributed by atoms with E-state index < -0.39 is 5.97 Å². The van der Waals surface area contributed by atoms with Gasteiger partial charge in [0.05, 0.1) is 17.2 Å². The molecule has 1 aromatic carbocycles. The molecule has 0 heterocycles. The molecule has 0 bridgehead atoms. The molecule has 0 atom stereocenters. The lowest BCUT2D eigenvalue weighted by Crippen LogP contribution is -2.01. The van der Waals surface area contributed by atoms with Crippen LogP contribution in [0.25, 0.3) is 0 Å². The third-order valence-electron chi connectivity index (χ3n) is 1.48. The minimum absolute atomic E-state index is 0.0849. The standard InChI is InChI=1S/C8H6Cl2O3.C2H7N/c1-13-7-5(10)3-2-4(9)6(7)8(11)12;1-3-2/h2-3H,1H3,(H,11,12);3H,1-2H3. The molecule has 0 unspecified atom stereocenters. The number of benzene rings is 1. The molecule has 0 saturated carbocycles. The number of carboxylic acid groups (broad SMARTS) is 1. The van der Waals surface area contributed by atoms with Crippen LogP contribution in [0.15, 0.2) is 12.1 Å². The third-order valence-corrected chi connectivity index (χ3v) is 2.09. The molecule has 1 aromatic rings.